The van der Waals surface area contributed by atoms with Gasteiger partial charge in [-0.25, -0.2) is 9.97 Å². The molecule has 4 aliphatic carbocycles. The average Bonchev–Trinajstić information content (AvgIpc) is 3.88. The monoisotopic (exact) mass is 681 g/mol. The first-order valence-corrected chi connectivity index (χ1v) is 18.8. The van der Waals surface area contributed by atoms with Crippen molar-refractivity contribution in [2.75, 3.05) is 11.4 Å². The Labute approximate surface area is 294 Å². The number of para-hydroxylation sites is 1. The second-order valence-corrected chi connectivity index (χ2v) is 16.4. The standard InChI is InChI=1S/C39H39N9OS/c1-23-30(20-40-48(23)22-39-17-24-13-25(18-39)15-26(14-24)19-39)29-9-10-35(42-37(29)38-43-45-46-44-38)47-12-11-27-5-4-6-28(31(27)21-47)33(49)16-36-41-32-7-2-3-8-34(32)50-36/h2-10,20,24-26H,11-19,21-22H2,1H3,(H,43,44,45,46). The summed E-state index contributed by atoms with van der Waals surface area (Å²) in [6.45, 7) is 4.57. The number of H-pyrrole nitrogens is 1. The van der Waals surface area contributed by atoms with Gasteiger partial charge in [0.1, 0.15) is 16.5 Å². The molecule has 0 spiro atoms. The maximum absolute atomic E-state index is 13.8. The molecule has 4 aromatic heterocycles. The molecule has 0 amide bonds. The van der Waals surface area contributed by atoms with Gasteiger partial charge >= 0.3 is 0 Å². The Kier molecular flexibility index (Phi) is 7.01. The Bertz CT molecular complexity index is 2180. The van der Waals surface area contributed by atoms with Crippen molar-refractivity contribution in [3.8, 4) is 22.6 Å². The quantitative estimate of drug-likeness (QED) is 0.167. The Morgan fingerprint density at radius 1 is 0.960 bits per heavy atom. The van der Waals surface area contributed by atoms with Crippen LogP contribution in [0.15, 0.2) is 60.8 Å². The first-order chi connectivity index (χ1) is 24.5. The number of carbonyl (C=O) groups is 1. The molecule has 0 unspecified atom stereocenters. The molecule has 10 nitrogen and oxygen atoms in total. The number of aromatic amines is 1. The second-order valence-electron chi connectivity index (χ2n) is 15.3. The van der Waals surface area contributed by atoms with E-state index in [1.165, 1.54) is 44.1 Å². The third kappa shape index (κ3) is 5.16. The summed E-state index contributed by atoms with van der Waals surface area (Å²) in [5.74, 6) is 4.11. The molecule has 2 aromatic carbocycles. The molecule has 11 rings (SSSR count). The lowest BCUT2D eigenvalue weighted by Crippen LogP contribution is -2.48. The Morgan fingerprint density at radius 2 is 1.78 bits per heavy atom. The number of hydrogen-bond acceptors (Lipinski definition) is 9. The van der Waals surface area contributed by atoms with E-state index in [9.17, 15) is 4.79 Å². The molecular weight excluding hydrogens is 643 g/mol. The van der Waals surface area contributed by atoms with Gasteiger partial charge in [0.05, 0.1) is 22.8 Å². The largest absolute Gasteiger partial charge is 0.352 e. The Balaban J connectivity index is 0.940. The fourth-order valence-corrected chi connectivity index (χ4v) is 11.2. The third-order valence-electron chi connectivity index (χ3n) is 12.0. The summed E-state index contributed by atoms with van der Waals surface area (Å²) in [7, 11) is 0. The van der Waals surface area contributed by atoms with Gasteiger partial charge in [-0.2, -0.15) is 10.3 Å². The van der Waals surface area contributed by atoms with E-state index in [0.29, 0.717) is 29.9 Å². The normalized spacial score (nSPS) is 23.9. The summed E-state index contributed by atoms with van der Waals surface area (Å²) in [6, 6.07) is 18.4. The molecule has 4 fully saturated rings. The number of Topliss-reactive ketones (excluding diaryl/α,β-unsaturated/α-hetero) is 1. The molecule has 252 valence electrons. The van der Waals surface area contributed by atoms with Crippen molar-refractivity contribution >= 4 is 33.2 Å². The van der Waals surface area contributed by atoms with Gasteiger partial charge in [-0.3, -0.25) is 9.48 Å². The number of fused-ring (bicyclic) bond motifs is 2. The lowest BCUT2D eigenvalue weighted by Gasteiger charge is -2.56. The van der Waals surface area contributed by atoms with E-state index < -0.39 is 0 Å². The minimum Gasteiger partial charge on any atom is -0.352 e. The molecular formula is C39H39N9OS. The number of pyridine rings is 1. The van der Waals surface area contributed by atoms with Crippen LogP contribution in [-0.4, -0.2) is 52.7 Å². The number of hydrogen-bond donors (Lipinski definition) is 1. The van der Waals surface area contributed by atoms with Crippen molar-refractivity contribution in [2.24, 2.45) is 23.2 Å². The van der Waals surface area contributed by atoms with Crippen LogP contribution in [0.1, 0.15) is 70.7 Å². The summed E-state index contributed by atoms with van der Waals surface area (Å²) in [4.78, 5) is 25.9. The lowest BCUT2D eigenvalue weighted by molar-refractivity contribution is -0.0638. The van der Waals surface area contributed by atoms with Crippen molar-refractivity contribution in [2.45, 2.75) is 71.4 Å². The number of aromatic nitrogens is 8. The number of ketones is 1. The topological polar surface area (TPSA) is 118 Å². The molecule has 1 N–H and O–H groups in total. The van der Waals surface area contributed by atoms with Crippen LogP contribution in [0.2, 0.25) is 0 Å². The van der Waals surface area contributed by atoms with Crippen molar-refractivity contribution in [1.82, 2.24) is 40.4 Å². The van der Waals surface area contributed by atoms with Crippen molar-refractivity contribution in [3.63, 3.8) is 0 Å². The lowest BCUT2D eigenvalue weighted by atomic mass is 9.49. The second kappa shape index (κ2) is 11.7. The van der Waals surface area contributed by atoms with Crippen molar-refractivity contribution < 1.29 is 4.79 Å². The Morgan fingerprint density at radius 3 is 2.56 bits per heavy atom. The molecule has 5 heterocycles. The molecule has 0 saturated heterocycles. The molecule has 4 bridgehead atoms. The van der Waals surface area contributed by atoms with Crippen LogP contribution in [-0.2, 0) is 25.9 Å². The van der Waals surface area contributed by atoms with Gasteiger partial charge in [0, 0.05) is 42.0 Å². The number of benzene rings is 2. The minimum atomic E-state index is 0.0968. The molecule has 4 saturated carbocycles. The van der Waals surface area contributed by atoms with Crippen LogP contribution in [0.4, 0.5) is 5.82 Å². The molecule has 50 heavy (non-hydrogen) atoms. The highest BCUT2D eigenvalue weighted by Gasteiger charge is 2.51. The van der Waals surface area contributed by atoms with Crippen LogP contribution in [0.3, 0.4) is 0 Å². The van der Waals surface area contributed by atoms with E-state index >= 15 is 0 Å². The van der Waals surface area contributed by atoms with E-state index in [4.69, 9.17) is 15.1 Å². The number of anilines is 1. The average molecular weight is 682 g/mol. The molecule has 11 heteroatoms. The van der Waals surface area contributed by atoms with Crippen LogP contribution >= 0.6 is 11.3 Å². The molecule has 0 atom stereocenters. The predicted octanol–water partition coefficient (Wildman–Crippen LogP) is 7.25. The maximum Gasteiger partial charge on any atom is 0.223 e. The fraction of sp³-hybridized carbons (Fsp3) is 0.410. The summed E-state index contributed by atoms with van der Waals surface area (Å²) in [5, 5.41) is 21.1. The first kappa shape index (κ1) is 30.1. The van der Waals surface area contributed by atoms with Gasteiger partial charge in [-0.15, -0.1) is 21.5 Å². The zero-order chi connectivity index (χ0) is 33.4. The number of thiazole rings is 1. The number of tetrazole rings is 1. The predicted molar refractivity (Wildman–Crippen MR) is 193 cm³/mol. The number of nitrogens with zero attached hydrogens (tertiary/aromatic N) is 8. The smallest absolute Gasteiger partial charge is 0.223 e. The minimum absolute atomic E-state index is 0.0968. The van der Waals surface area contributed by atoms with Crippen LogP contribution < -0.4 is 4.90 Å². The highest BCUT2D eigenvalue weighted by atomic mass is 32.1. The van der Waals surface area contributed by atoms with Crippen LogP contribution in [0.25, 0.3) is 32.9 Å². The maximum atomic E-state index is 13.8. The fourth-order valence-electron chi connectivity index (χ4n) is 10.2. The van der Waals surface area contributed by atoms with E-state index in [2.05, 4.69) is 61.4 Å². The number of nitrogens with one attached hydrogen (secondary N) is 1. The van der Waals surface area contributed by atoms with Gasteiger partial charge < -0.3 is 4.90 Å². The van der Waals surface area contributed by atoms with E-state index in [1.807, 2.05) is 36.5 Å². The molecule has 0 radical (unpaired) electrons. The summed E-state index contributed by atoms with van der Waals surface area (Å²) in [6.07, 6.45) is 11.5. The van der Waals surface area contributed by atoms with Gasteiger partial charge in [0.15, 0.2) is 5.78 Å². The van der Waals surface area contributed by atoms with E-state index in [1.54, 1.807) is 11.3 Å². The molecule has 5 aliphatic rings. The van der Waals surface area contributed by atoms with Crippen molar-refractivity contribution in [1.29, 1.82) is 0 Å². The zero-order valence-electron chi connectivity index (χ0n) is 28.2. The van der Waals surface area contributed by atoms with E-state index in [-0.39, 0.29) is 5.78 Å². The summed E-state index contributed by atoms with van der Waals surface area (Å²) >= 11 is 1.59. The van der Waals surface area contributed by atoms with Gasteiger partial charge in [-0.1, -0.05) is 30.3 Å². The zero-order valence-corrected chi connectivity index (χ0v) is 29.0. The van der Waals surface area contributed by atoms with E-state index in [0.717, 1.165) is 86.3 Å². The van der Waals surface area contributed by atoms with Crippen molar-refractivity contribution in [3.05, 3.63) is 88.2 Å². The molecule has 6 aromatic rings. The summed E-state index contributed by atoms with van der Waals surface area (Å²) in [5.41, 5.74) is 8.23. The van der Waals surface area contributed by atoms with Gasteiger partial charge in [0.25, 0.3) is 0 Å². The first-order valence-electron chi connectivity index (χ1n) is 18.0. The van der Waals surface area contributed by atoms with Gasteiger partial charge in [0.2, 0.25) is 5.82 Å². The highest BCUT2D eigenvalue weighted by Crippen LogP contribution is 2.60. The highest BCUT2D eigenvalue weighted by molar-refractivity contribution is 7.18. The Hall–Kier alpha value is -4.77. The van der Waals surface area contributed by atoms with Gasteiger partial charge in [-0.05, 0) is 116 Å². The number of rotatable bonds is 8. The summed E-state index contributed by atoms with van der Waals surface area (Å²) < 4.78 is 3.36. The SMILES string of the molecule is Cc1c(-c2ccc(N3CCc4cccc(C(=O)Cc5nc6ccccc6s5)c4C3)nc2-c2nn[nH]n2)cnn1CC12CC3CC(CC(C3)C1)C2. The molecule has 1 aliphatic heterocycles. The third-order valence-corrected chi connectivity index (χ3v) is 13.1. The van der Waals surface area contributed by atoms with Crippen LogP contribution in [0, 0.1) is 30.1 Å². The van der Waals surface area contributed by atoms with Crippen LogP contribution in [0.5, 0.6) is 0 Å². The number of carbonyl (C=O) groups excluding carboxylic acids is 1.